The maximum atomic E-state index is 11.1. The van der Waals surface area contributed by atoms with Crippen LogP contribution < -0.4 is 0 Å². The third kappa shape index (κ3) is 4.87. The Kier molecular flexibility index (Phi) is 4.64. The standard InChI is InChI=1S/C10H14O4S2/c1-15(11)10-5-3-9(4-6-10)7-8-14-16(2,12)13/h3-6H,7-8H2,1-2H3. The Morgan fingerprint density at radius 1 is 1.25 bits per heavy atom. The summed E-state index contributed by atoms with van der Waals surface area (Å²) in [6, 6.07) is 7.18. The highest BCUT2D eigenvalue weighted by atomic mass is 32.2. The Morgan fingerprint density at radius 2 is 1.81 bits per heavy atom. The van der Waals surface area contributed by atoms with E-state index in [1.165, 1.54) is 0 Å². The van der Waals surface area contributed by atoms with Crippen molar-refractivity contribution >= 4 is 20.9 Å². The van der Waals surface area contributed by atoms with Crippen LogP contribution in [-0.2, 0) is 31.5 Å². The minimum absolute atomic E-state index is 0.132. The van der Waals surface area contributed by atoms with E-state index in [9.17, 15) is 12.6 Å². The predicted molar refractivity (Wildman–Crippen MR) is 63.3 cm³/mol. The van der Waals surface area contributed by atoms with Gasteiger partial charge in [0.25, 0.3) is 10.1 Å². The van der Waals surface area contributed by atoms with Gasteiger partial charge >= 0.3 is 0 Å². The molecule has 1 rings (SSSR count). The molecule has 1 aromatic rings. The number of hydrogen-bond acceptors (Lipinski definition) is 4. The van der Waals surface area contributed by atoms with E-state index in [1.54, 1.807) is 18.4 Å². The fourth-order valence-corrected chi connectivity index (χ4v) is 2.06. The molecule has 0 bridgehead atoms. The first-order valence-corrected chi connectivity index (χ1v) is 8.03. The normalized spacial score (nSPS) is 13.6. The first-order valence-electron chi connectivity index (χ1n) is 4.65. The largest absolute Gasteiger partial charge is 0.270 e. The Labute approximate surface area is 98.2 Å². The van der Waals surface area contributed by atoms with Crippen LogP contribution in [0.5, 0.6) is 0 Å². The van der Waals surface area contributed by atoms with Gasteiger partial charge in [0, 0.05) is 22.0 Å². The van der Waals surface area contributed by atoms with Gasteiger partial charge in [-0.25, -0.2) is 0 Å². The topological polar surface area (TPSA) is 60.4 Å². The van der Waals surface area contributed by atoms with Gasteiger partial charge in [0.15, 0.2) is 0 Å². The zero-order chi connectivity index (χ0) is 12.2. The molecule has 0 saturated heterocycles. The second-order valence-corrected chi connectivity index (χ2v) is 6.40. The van der Waals surface area contributed by atoms with Crippen molar-refractivity contribution in [3.63, 3.8) is 0 Å². The number of rotatable bonds is 5. The number of benzene rings is 1. The van der Waals surface area contributed by atoms with E-state index >= 15 is 0 Å². The second-order valence-electron chi connectivity index (χ2n) is 3.37. The van der Waals surface area contributed by atoms with E-state index in [1.807, 2.05) is 12.1 Å². The van der Waals surface area contributed by atoms with Crippen molar-refractivity contribution in [3.05, 3.63) is 29.8 Å². The molecule has 1 atom stereocenters. The van der Waals surface area contributed by atoms with E-state index < -0.39 is 20.9 Å². The van der Waals surface area contributed by atoms with Gasteiger partial charge in [-0.1, -0.05) is 12.1 Å². The van der Waals surface area contributed by atoms with Gasteiger partial charge in [-0.15, -0.1) is 0 Å². The molecule has 1 unspecified atom stereocenters. The third-order valence-electron chi connectivity index (χ3n) is 1.94. The van der Waals surface area contributed by atoms with Crippen LogP contribution in [-0.4, -0.2) is 31.7 Å². The van der Waals surface area contributed by atoms with Crippen molar-refractivity contribution in [1.82, 2.24) is 0 Å². The van der Waals surface area contributed by atoms with Crippen molar-refractivity contribution in [2.45, 2.75) is 11.3 Å². The molecule has 0 N–H and O–H groups in total. The molecule has 0 aliphatic heterocycles. The smallest absolute Gasteiger partial charge is 0.264 e. The van der Waals surface area contributed by atoms with Gasteiger partial charge in [0.2, 0.25) is 0 Å². The van der Waals surface area contributed by atoms with E-state index in [0.717, 1.165) is 16.7 Å². The Hall–Kier alpha value is -0.720. The lowest BCUT2D eigenvalue weighted by molar-refractivity contribution is 0.326. The first kappa shape index (κ1) is 13.3. The van der Waals surface area contributed by atoms with E-state index in [-0.39, 0.29) is 6.61 Å². The average molecular weight is 262 g/mol. The second kappa shape index (κ2) is 5.56. The summed E-state index contributed by atoms with van der Waals surface area (Å²) in [7, 11) is -4.35. The zero-order valence-corrected chi connectivity index (χ0v) is 10.8. The van der Waals surface area contributed by atoms with Crippen molar-refractivity contribution in [3.8, 4) is 0 Å². The molecule has 0 spiro atoms. The van der Waals surface area contributed by atoms with Crippen LogP contribution in [0.25, 0.3) is 0 Å². The Balaban J connectivity index is 2.53. The van der Waals surface area contributed by atoms with Gasteiger partial charge in [-0.05, 0) is 24.1 Å². The molecule has 0 amide bonds. The highest BCUT2D eigenvalue weighted by Crippen LogP contribution is 2.08. The summed E-state index contributed by atoms with van der Waals surface area (Å²) in [6.45, 7) is 0.132. The first-order chi connectivity index (χ1) is 7.38. The highest BCUT2D eigenvalue weighted by molar-refractivity contribution is 7.86. The molecule has 0 heterocycles. The molecule has 90 valence electrons. The molecule has 0 saturated carbocycles. The summed E-state index contributed by atoms with van der Waals surface area (Å²) in [5.74, 6) is 0. The molecule has 0 aliphatic rings. The lowest BCUT2D eigenvalue weighted by atomic mass is 10.2. The Morgan fingerprint density at radius 3 is 2.25 bits per heavy atom. The van der Waals surface area contributed by atoms with Crippen LogP contribution in [0.4, 0.5) is 0 Å². The minimum Gasteiger partial charge on any atom is -0.270 e. The van der Waals surface area contributed by atoms with Crippen molar-refractivity contribution in [2.75, 3.05) is 19.1 Å². The summed E-state index contributed by atoms with van der Waals surface area (Å²) in [6.07, 6.45) is 3.15. The molecule has 16 heavy (non-hydrogen) atoms. The quantitative estimate of drug-likeness (QED) is 0.741. The fraction of sp³-hybridized carbons (Fsp3) is 0.400. The van der Waals surface area contributed by atoms with Crippen LogP contribution in [0.15, 0.2) is 29.2 Å². The SMILES string of the molecule is CS(=O)c1ccc(CCOS(C)(=O)=O)cc1. The summed E-state index contributed by atoms with van der Waals surface area (Å²) >= 11 is 0. The van der Waals surface area contributed by atoms with Gasteiger partial charge in [-0.2, -0.15) is 8.42 Å². The molecule has 0 aliphatic carbocycles. The molecular weight excluding hydrogens is 248 g/mol. The molecule has 1 aromatic carbocycles. The zero-order valence-electron chi connectivity index (χ0n) is 9.17. The van der Waals surface area contributed by atoms with Crippen molar-refractivity contribution in [1.29, 1.82) is 0 Å². The molecule has 6 heteroatoms. The summed E-state index contributed by atoms with van der Waals surface area (Å²) in [4.78, 5) is 0.757. The minimum atomic E-state index is -3.36. The Bertz CT molecular complexity index is 462. The van der Waals surface area contributed by atoms with Gasteiger partial charge in [0.05, 0.1) is 12.9 Å². The average Bonchev–Trinajstić information content (AvgIpc) is 2.16. The molecule has 0 aromatic heterocycles. The van der Waals surface area contributed by atoms with Crippen LogP contribution in [0.3, 0.4) is 0 Å². The highest BCUT2D eigenvalue weighted by Gasteiger charge is 2.02. The van der Waals surface area contributed by atoms with Gasteiger partial charge < -0.3 is 0 Å². The summed E-state index contributed by atoms with van der Waals surface area (Å²) in [5, 5.41) is 0. The van der Waals surface area contributed by atoms with Crippen LogP contribution in [0.2, 0.25) is 0 Å². The van der Waals surface area contributed by atoms with E-state index in [2.05, 4.69) is 4.18 Å². The maximum absolute atomic E-state index is 11.1. The van der Waals surface area contributed by atoms with Crippen LogP contribution >= 0.6 is 0 Å². The van der Waals surface area contributed by atoms with E-state index in [4.69, 9.17) is 0 Å². The lowest BCUT2D eigenvalue weighted by Gasteiger charge is -2.02. The van der Waals surface area contributed by atoms with Crippen LogP contribution in [0.1, 0.15) is 5.56 Å². The molecule has 0 radical (unpaired) electrons. The van der Waals surface area contributed by atoms with Gasteiger partial charge in [-0.3, -0.25) is 8.39 Å². The van der Waals surface area contributed by atoms with Gasteiger partial charge in [0.1, 0.15) is 0 Å². The predicted octanol–water partition coefficient (Wildman–Crippen LogP) is 0.943. The summed E-state index contributed by atoms with van der Waals surface area (Å²) in [5.41, 5.74) is 0.956. The summed E-state index contributed by atoms with van der Waals surface area (Å²) < 4.78 is 37.1. The maximum Gasteiger partial charge on any atom is 0.264 e. The van der Waals surface area contributed by atoms with Crippen LogP contribution in [0, 0.1) is 0 Å². The third-order valence-corrected chi connectivity index (χ3v) is 3.47. The molecular formula is C10H14O4S2. The van der Waals surface area contributed by atoms with E-state index in [0.29, 0.717) is 6.42 Å². The van der Waals surface area contributed by atoms with Crippen molar-refractivity contribution in [2.24, 2.45) is 0 Å². The molecule has 0 fully saturated rings. The van der Waals surface area contributed by atoms with Crippen molar-refractivity contribution < 1.29 is 16.8 Å². The lowest BCUT2D eigenvalue weighted by Crippen LogP contribution is -2.06. The monoisotopic (exact) mass is 262 g/mol. The molecule has 4 nitrogen and oxygen atoms in total. The fourth-order valence-electron chi connectivity index (χ4n) is 1.16. The number of hydrogen-bond donors (Lipinski definition) is 0.